The molecule has 0 radical (unpaired) electrons. The molecule has 64 valence electrons. The second-order valence-corrected chi connectivity index (χ2v) is 4.20. The fourth-order valence-corrected chi connectivity index (χ4v) is 2.63. The number of aliphatic carboxylic acids is 1. The van der Waals surface area contributed by atoms with Gasteiger partial charge in [-0.05, 0) is 30.4 Å². The van der Waals surface area contributed by atoms with Crippen molar-refractivity contribution in [3.8, 4) is 0 Å². The molecule has 2 rings (SSSR count). The van der Waals surface area contributed by atoms with Crippen molar-refractivity contribution in [3.05, 3.63) is 21.9 Å². The zero-order valence-corrected chi connectivity index (χ0v) is 7.60. The van der Waals surface area contributed by atoms with E-state index in [1.807, 2.05) is 12.3 Å². The number of carboxylic acids is 1. The normalized spacial score (nSPS) is 27.1. The lowest BCUT2D eigenvalue weighted by Crippen LogP contribution is -1.98. The molecule has 1 saturated carbocycles. The molecule has 0 saturated heterocycles. The molecule has 0 aliphatic heterocycles. The van der Waals surface area contributed by atoms with Gasteiger partial charge in [0.2, 0.25) is 0 Å². The van der Waals surface area contributed by atoms with Crippen LogP contribution in [0.1, 0.15) is 22.8 Å². The number of aryl methyl sites for hydroxylation is 1. The summed E-state index contributed by atoms with van der Waals surface area (Å²) in [6.45, 7) is 2.04. The van der Waals surface area contributed by atoms with E-state index >= 15 is 0 Å². The number of carbonyl (C=O) groups is 1. The average Bonchev–Trinajstić information content (AvgIpc) is 2.70. The molecule has 1 aromatic heterocycles. The summed E-state index contributed by atoms with van der Waals surface area (Å²) in [5, 5.41) is 10.7. The van der Waals surface area contributed by atoms with E-state index in [0.29, 0.717) is 5.92 Å². The maximum absolute atomic E-state index is 10.6. The molecule has 1 aliphatic rings. The van der Waals surface area contributed by atoms with E-state index in [4.69, 9.17) is 5.11 Å². The third kappa shape index (κ3) is 1.14. The van der Waals surface area contributed by atoms with E-state index in [1.54, 1.807) is 11.3 Å². The van der Waals surface area contributed by atoms with Crippen molar-refractivity contribution in [3.63, 3.8) is 0 Å². The second kappa shape index (κ2) is 2.59. The molecule has 1 N–H and O–H groups in total. The molecule has 3 heteroatoms. The fourth-order valence-electron chi connectivity index (χ4n) is 1.52. The SMILES string of the molecule is Cc1ccsc1[C@@H]1C[C@@H]1C(=O)O. The van der Waals surface area contributed by atoms with Gasteiger partial charge < -0.3 is 5.11 Å². The van der Waals surface area contributed by atoms with Crippen LogP contribution in [0.3, 0.4) is 0 Å². The highest BCUT2D eigenvalue weighted by molar-refractivity contribution is 7.10. The summed E-state index contributed by atoms with van der Waals surface area (Å²) in [5.74, 6) is -0.447. The average molecular weight is 182 g/mol. The zero-order chi connectivity index (χ0) is 8.72. The van der Waals surface area contributed by atoms with Gasteiger partial charge in [0.05, 0.1) is 5.92 Å². The van der Waals surface area contributed by atoms with E-state index in [1.165, 1.54) is 10.4 Å². The standard InChI is InChI=1S/C9H10O2S/c1-5-2-3-12-8(5)6-4-7(6)9(10)11/h2-3,6-7H,4H2,1H3,(H,10,11)/t6-,7+/m1/s1. The summed E-state index contributed by atoms with van der Waals surface area (Å²) in [4.78, 5) is 11.8. The van der Waals surface area contributed by atoms with Gasteiger partial charge in [0.15, 0.2) is 0 Å². The summed E-state index contributed by atoms with van der Waals surface area (Å²) < 4.78 is 0. The molecular weight excluding hydrogens is 172 g/mol. The van der Waals surface area contributed by atoms with Gasteiger partial charge in [-0.3, -0.25) is 4.79 Å². The van der Waals surface area contributed by atoms with Crippen molar-refractivity contribution in [1.82, 2.24) is 0 Å². The number of carboxylic acid groups (broad SMARTS) is 1. The minimum atomic E-state index is -0.646. The van der Waals surface area contributed by atoms with Crippen molar-refractivity contribution in [2.75, 3.05) is 0 Å². The Balaban J connectivity index is 2.15. The van der Waals surface area contributed by atoms with E-state index in [9.17, 15) is 4.79 Å². The first-order chi connectivity index (χ1) is 5.70. The van der Waals surface area contributed by atoms with Crippen LogP contribution < -0.4 is 0 Å². The molecular formula is C9H10O2S. The first-order valence-corrected chi connectivity index (χ1v) is 4.85. The van der Waals surface area contributed by atoms with Crippen molar-refractivity contribution >= 4 is 17.3 Å². The number of hydrogen-bond acceptors (Lipinski definition) is 2. The van der Waals surface area contributed by atoms with Gasteiger partial charge in [0.25, 0.3) is 0 Å². The quantitative estimate of drug-likeness (QED) is 0.761. The molecule has 1 heterocycles. The summed E-state index contributed by atoms with van der Waals surface area (Å²) in [6, 6.07) is 2.05. The molecule has 1 fully saturated rings. The monoisotopic (exact) mass is 182 g/mol. The third-order valence-electron chi connectivity index (χ3n) is 2.35. The predicted molar refractivity (Wildman–Crippen MR) is 47.5 cm³/mol. The van der Waals surface area contributed by atoms with E-state index < -0.39 is 5.97 Å². The van der Waals surface area contributed by atoms with E-state index in [-0.39, 0.29) is 5.92 Å². The summed E-state index contributed by atoms with van der Waals surface area (Å²) in [7, 11) is 0. The number of rotatable bonds is 2. The van der Waals surface area contributed by atoms with E-state index in [2.05, 4.69) is 6.07 Å². The molecule has 12 heavy (non-hydrogen) atoms. The van der Waals surface area contributed by atoms with Gasteiger partial charge >= 0.3 is 5.97 Å². The van der Waals surface area contributed by atoms with Crippen molar-refractivity contribution in [1.29, 1.82) is 0 Å². The highest BCUT2D eigenvalue weighted by atomic mass is 32.1. The molecule has 2 nitrogen and oxygen atoms in total. The lowest BCUT2D eigenvalue weighted by molar-refractivity contribution is -0.138. The highest BCUT2D eigenvalue weighted by Crippen LogP contribution is 2.50. The Kier molecular flexibility index (Phi) is 1.68. The maximum Gasteiger partial charge on any atom is 0.307 e. The predicted octanol–water partition coefficient (Wildman–Crippen LogP) is 2.24. The largest absolute Gasteiger partial charge is 0.481 e. The smallest absolute Gasteiger partial charge is 0.307 e. The van der Waals surface area contributed by atoms with Crippen molar-refractivity contribution < 1.29 is 9.90 Å². The summed E-state index contributed by atoms with van der Waals surface area (Å²) in [6.07, 6.45) is 0.830. The van der Waals surface area contributed by atoms with Crippen LogP contribution in [0.5, 0.6) is 0 Å². The minimum Gasteiger partial charge on any atom is -0.481 e. The Labute approximate surface area is 74.8 Å². The molecule has 0 amide bonds. The second-order valence-electron chi connectivity index (χ2n) is 3.25. The van der Waals surface area contributed by atoms with Crippen molar-refractivity contribution in [2.45, 2.75) is 19.3 Å². The first-order valence-electron chi connectivity index (χ1n) is 3.97. The van der Waals surface area contributed by atoms with Crippen molar-refractivity contribution in [2.24, 2.45) is 5.92 Å². The summed E-state index contributed by atoms with van der Waals surface area (Å²) >= 11 is 1.68. The van der Waals surface area contributed by atoms with Crippen LogP contribution in [-0.2, 0) is 4.79 Å². The lowest BCUT2D eigenvalue weighted by Gasteiger charge is -1.94. The topological polar surface area (TPSA) is 37.3 Å². The summed E-state index contributed by atoms with van der Waals surface area (Å²) in [5.41, 5.74) is 1.24. The Hall–Kier alpha value is -0.830. The van der Waals surface area contributed by atoms with Gasteiger partial charge in [-0.25, -0.2) is 0 Å². The molecule has 0 bridgehead atoms. The van der Waals surface area contributed by atoms with Crippen LogP contribution in [0.15, 0.2) is 11.4 Å². The number of thiophene rings is 1. The third-order valence-corrected chi connectivity index (χ3v) is 3.50. The molecule has 0 spiro atoms. The highest BCUT2D eigenvalue weighted by Gasteiger charge is 2.45. The van der Waals surface area contributed by atoms with Crippen LogP contribution >= 0.6 is 11.3 Å². The molecule has 1 aromatic rings. The van der Waals surface area contributed by atoms with Crippen LogP contribution in [0.2, 0.25) is 0 Å². The Morgan fingerprint density at radius 1 is 1.75 bits per heavy atom. The molecule has 1 aliphatic carbocycles. The Morgan fingerprint density at radius 3 is 2.92 bits per heavy atom. The Bertz CT molecular complexity index is 316. The van der Waals surface area contributed by atoms with Crippen LogP contribution in [0, 0.1) is 12.8 Å². The van der Waals surface area contributed by atoms with Crippen LogP contribution in [0.4, 0.5) is 0 Å². The first kappa shape index (κ1) is 7.80. The lowest BCUT2D eigenvalue weighted by atomic mass is 10.2. The van der Waals surface area contributed by atoms with Gasteiger partial charge in [-0.1, -0.05) is 0 Å². The molecule has 0 unspecified atom stereocenters. The Morgan fingerprint density at radius 2 is 2.50 bits per heavy atom. The minimum absolute atomic E-state index is 0.109. The van der Waals surface area contributed by atoms with Gasteiger partial charge in [-0.15, -0.1) is 11.3 Å². The van der Waals surface area contributed by atoms with Gasteiger partial charge in [0.1, 0.15) is 0 Å². The van der Waals surface area contributed by atoms with E-state index in [0.717, 1.165) is 6.42 Å². The van der Waals surface area contributed by atoms with Crippen LogP contribution in [-0.4, -0.2) is 11.1 Å². The van der Waals surface area contributed by atoms with Crippen LogP contribution in [0.25, 0.3) is 0 Å². The molecule has 0 aromatic carbocycles. The molecule has 2 atom stereocenters. The van der Waals surface area contributed by atoms with Gasteiger partial charge in [0, 0.05) is 10.8 Å². The maximum atomic E-state index is 10.6. The number of hydrogen-bond donors (Lipinski definition) is 1. The van der Waals surface area contributed by atoms with Gasteiger partial charge in [-0.2, -0.15) is 0 Å². The zero-order valence-electron chi connectivity index (χ0n) is 6.78. The fraction of sp³-hybridized carbons (Fsp3) is 0.444.